The van der Waals surface area contributed by atoms with E-state index in [-0.39, 0.29) is 5.82 Å². The molecule has 7 nitrogen and oxygen atoms in total. The number of carbonyl (C=O) groups excluding carboxylic acids is 1. The number of hydrogen-bond acceptors (Lipinski definition) is 4. The van der Waals surface area contributed by atoms with E-state index in [2.05, 4.69) is 25.8 Å². The Morgan fingerprint density at radius 3 is 2.86 bits per heavy atom. The Hall–Kier alpha value is -2.39. The lowest BCUT2D eigenvalue weighted by atomic mass is 9.89. The molecule has 1 unspecified atom stereocenters. The molecule has 0 spiro atoms. The molecule has 1 amide bonds. The average molecular weight is 300 g/mol. The lowest BCUT2D eigenvalue weighted by molar-refractivity contribution is -0.141. The van der Waals surface area contributed by atoms with Crippen LogP contribution in [0.15, 0.2) is 6.07 Å². The number of rotatable bonds is 2. The standard InChI is InChI=1S/C11H11F3N6O/c12-11(13,14)7-4-8(18-17-7)15-10(21)5-2-1-3-6-9(5)19-20-16-6/h4-5H,1-3H2,(H,16,19,20)(H2,15,17,18,21). The van der Waals surface area contributed by atoms with E-state index in [0.29, 0.717) is 12.1 Å². The topological polar surface area (TPSA) is 99.4 Å². The average Bonchev–Trinajstić information content (AvgIpc) is 3.05. The van der Waals surface area contributed by atoms with E-state index in [1.807, 2.05) is 5.10 Å². The number of nitrogens with zero attached hydrogens (tertiary/aromatic N) is 3. The number of aromatic amines is 2. The van der Waals surface area contributed by atoms with E-state index in [1.165, 1.54) is 0 Å². The number of amides is 1. The van der Waals surface area contributed by atoms with Gasteiger partial charge in [0.05, 0.1) is 17.3 Å². The summed E-state index contributed by atoms with van der Waals surface area (Å²) >= 11 is 0. The maximum atomic E-state index is 12.4. The van der Waals surface area contributed by atoms with Gasteiger partial charge in [0, 0.05) is 6.07 Å². The minimum atomic E-state index is -4.53. The van der Waals surface area contributed by atoms with E-state index >= 15 is 0 Å². The molecule has 10 heteroatoms. The molecular weight excluding hydrogens is 289 g/mol. The van der Waals surface area contributed by atoms with Crippen LogP contribution in [0.5, 0.6) is 0 Å². The van der Waals surface area contributed by atoms with Crippen LogP contribution in [0.25, 0.3) is 0 Å². The molecule has 1 atom stereocenters. The van der Waals surface area contributed by atoms with Crippen LogP contribution in [0.2, 0.25) is 0 Å². The van der Waals surface area contributed by atoms with Crippen molar-refractivity contribution in [2.75, 3.05) is 5.32 Å². The summed E-state index contributed by atoms with van der Waals surface area (Å²) in [4.78, 5) is 12.2. The zero-order valence-electron chi connectivity index (χ0n) is 10.7. The van der Waals surface area contributed by atoms with Gasteiger partial charge in [-0.15, -0.1) is 0 Å². The number of anilines is 1. The highest BCUT2D eigenvalue weighted by molar-refractivity contribution is 5.95. The largest absolute Gasteiger partial charge is 0.432 e. The van der Waals surface area contributed by atoms with Crippen LogP contribution in [0, 0.1) is 0 Å². The summed E-state index contributed by atoms with van der Waals surface area (Å²) in [7, 11) is 0. The second-order valence-electron chi connectivity index (χ2n) is 4.75. The molecule has 0 saturated carbocycles. The van der Waals surface area contributed by atoms with Gasteiger partial charge in [0.1, 0.15) is 5.69 Å². The first-order valence-electron chi connectivity index (χ1n) is 6.28. The first-order valence-corrected chi connectivity index (χ1v) is 6.28. The predicted octanol–water partition coefficient (Wildman–Crippen LogP) is 1.61. The molecular formula is C11H11F3N6O. The van der Waals surface area contributed by atoms with Crippen molar-refractivity contribution >= 4 is 11.7 Å². The van der Waals surface area contributed by atoms with Crippen molar-refractivity contribution in [2.45, 2.75) is 31.4 Å². The van der Waals surface area contributed by atoms with Crippen LogP contribution in [-0.2, 0) is 17.4 Å². The zero-order chi connectivity index (χ0) is 15.0. The molecule has 3 rings (SSSR count). The summed E-state index contributed by atoms with van der Waals surface area (Å²) in [6.07, 6.45) is -2.45. The van der Waals surface area contributed by atoms with E-state index in [1.54, 1.807) is 0 Å². The molecule has 3 N–H and O–H groups in total. The van der Waals surface area contributed by atoms with Crippen molar-refractivity contribution in [3.63, 3.8) is 0 Å². The summed E-state index contributed by atoms with van der Waals surface area (Å²) < 4.78 is 37.3. The normalized spacial score (nSPS) is 18.3. The number of hydrogen-bond donors (Lipinski definition) is 3. The smallest absolute Gasteiger partial charge is 0.309 e. The monoisotopic (exact) mass is 300 g/mol. The fourth-order valence-electron chi connectivity index (χ4n) is 2.33. The van der Waals surface area contributed by atoms with Crippen LogP contribution in [-0.4, -0.2) is 31.5 Å². The first kappa shape index (κ1) is 13.6. The van der Waals surface area contributed by atoms with Gasteiger partial charge >= 0.3 is 6.18 Å². The molecule has 0 aromatic carbocycles. The van der Waals surface area contributed by atoms with Crippen LogP contribution >= 0.6 is 0 Å². The fraction of sp³-hybridized carbons (Fsp3) is 0.455. The van der Waals surface area contributed by atoms with E-state index in [9.17, 15) is 18.0 Å². The van der Waals surface area contributed by atoms with Gasteiger partial charge in [0.15, 0.2) is 5.82 Å². The highest BCUT2D eigenvalue weighted by Gasteiger charge is 2.34. The van der Waals surface area contributed by atoms with Crippen LogP contribution in [0.3, 0.4) is 0 Å². The minimum absolute atomic E-state index is 0.164. The van der Waals surface area contributed by atoms with Gasteiger partial charge in [-0.3, -0.25) is 9.89 Å². The van der Waals surface area contributed by atoms with Crippen molar-refractivity contribution < 1.29 is 18.0 Å². The Labute approximate surface area is 116 Å². The summed E-state index contributed by atoms with van der Waals surface area (Å²) in [5.41, 5.74) is 0.258. The number of aryl methyl sites for hydroxylation is 1. The van der Waals surface area contributed by atoms with Crippen molar-refractivity contribution in [1.29, 1.82) is 0 Å². The third-order valence-electron chi connectivity index (χ3n) is 3.34. The van der Waals surface area contributed by atoms with Gasteiger partial charge in [0.2, 0.25) is 5.91 Å². The number of H-pyrrole nitrogens is 2. The van der Waals surface area contributed by atoms with Gasteiger partial charge in [-0.2, -0.15) is 33.7 Å². The number of fused-ring (bicyclic) bond motifs is 1. The molecule has 1 aliphatic rings. The molecule has 2 heterocycles. The Kier molecular flexibility index (Phi) is 3.15. The number of alkyl halides is 3. The highest BCUT2D eigenvalue weighted by Crippen LogP contribution is 2.31. The summed E-state index contributed by atoms with van der Waals surface area (Å²) in [5.74, 6) is -1.13. The Balaban J connectivity index is 1.75. The second-order valence-corrected chi connectivity index (χ2v) is 4.75. The molecule has 112 valence electrons. The molecule has 0 radical (unpaired) electrons. The Bertz CT molecular complexity index is 661. The van der Waals surface area contributed by atoms with E-state index in [0.717, 1.165) is 24.6 Å². The number of aromatic nitrogens is 5. The van der Waals surface area contributed by atoms with Gasteiger partial charge in [-0.1, -0.05) is 0 Å². The molecule has 0 fully saturated rings. The van der Waals surface area contributed by atoms with Crippen molar-refractivity contribution in [3.8, 4) is 0 Å². The quantitative estimate of drug-likeness (QED) is 0.784. The number of carbonyl (C=O) groups is 1. The van der Waals surface area contributed by atoms with Crippen LogP contribution in [0.4, 0.5) is 19.0 Å². The van der Waals surface area contributed by atoms with Gasteiger partial charge in [-0.25, -0.2) is 0 Å². The lowest BCUT2D eigenvalue weighted by Gasteiger charge is -2.18. The van der Waals surface area contributed by atoms with Gasteiger partial charge < -0.3 is 5.32 Å². The summed E-state index contributed by atoms with van der Waals surface area (Å²) in [6.45, 7) is 0. The van der Waals surface area contributed by atoms with E-state index < -0.39 is 23.7 Å². The zero-order valence-corrected chi connectivity index (χ0v) is 10.7. The number of nitrogens with one attached hydrogen (secondary N) is 3. The van der Waals surface area contributed by atoms with Crippen LogP contribution < -0.4 is 5.32 Å². The first-order chi connectivity index (χ1) is 9.95. The number of halogens is 3. The van der Waals surface area contributed by atoms with Crippen molar-refractivity contribution in [2.24, 2.45) is 0 Å². The highest BCUT2D eigenvalue weighted by atomic mass is 19.4. The van der Waals surface area contributed by atoms with E-state index in [4.69, 9.17) is 0 Å². The molecule has 0 aliphatic heterocycles. The maximum Gasteiger partial charge on any atom is 0.432 e. The Morgan fingerprint density at radius 2 is 2.14 bits per heavy atom. The van der Waals surface area contributed by atoms with Crippen molar-refractivity contribution in [3.05, 3.63) is 23.1 Å². The van der Waals surface area contributed by atoms with Crippen molar-refractivity contribution in [1.82, 2.24) is 25.6 Å². The molecule has 1 aliphatic carbocycles. The van der Waals surface area contributed by atoms with Crippen LogP contribution in [0.1, 0.15) is 35.8 Å². The minimum Gasteiger partial charge on any atom is -0.309 e. The summed E-state index contributed by atoms with van der Waals surface area (Å²) in [6, 6.07) is 0.754. The predicted molar refractivity (Wildman–Crippen MR) is 64.3 cm³/mol. The third kappa shape index (κ3) is 2.60. The fourth-order valence-corrected chi connectivity index (χ4v) is 2.33. The van der Waals surface area contributed by atoms with Gasteiger partial charge in [0.25, 0.3) is 0 Å². The van der Waals surface area contributed by atoms with Gasteiger partial charge in [-0.05, 0) is 19.3 Å². The summed E-state index contributed by atoms with van der Waals surface area (Å²) in [5, 5.41) is 18.0. The Morgan fingerprint density at radius 1 is 1.33 bits per heavy atom. The maximum absolute atomic E-state index is 12.4. The molecule has 2 aromatic rings. The molecule has 0 bridgehead atoms. The lowest BCUT2D eigenvalue weighted by Crippen LogP contribution is -2.25. The molecule has 2 aromatic heterocycles. The molecule has 21 heavy (non-hydrogen) atoms. The SMILES string of the molecule is O=C(Nc1cc(C(F)(F)F)[nH]n1)C1CCCc2n[nH]nc21. The second kappa shape index (κ2) is 4.86. The molecule has 0 saturated heterocycles. The third-order valence-corrected chi connectivity index (χ3v) is 3.34.